The lowest BCUT2D eigenvalue weighted by Gasteiger charge is -2.51. The number of ether oxygens (including phenoxy) is 3. The number of hydrazone groups is 1. The number of benzene rings is 2. The van der Waals surface area contributed by atoms with E-state index in [-0.39, 0.29) is 11.8 Å². The van der Waals surface area contributed by atoms with E-state index in [2.05, 4.69) is 47.2 Å². The van der Waals surface area contributed by atoms with Gasteiger partial charge in [-0.1, -0.05) is 25.1 Å². The van der Waals surface area contributed by atoms with Gasteiger partial charge in [-0.2, -0.15) is 5.10 Å². The Labute approximate surface area is 184 Å². The van der Waals surface area contributed by atoms with Crippen LogP contribution >= 0.6 is 0 Å². The summed E-state index contributed by atoms with van der Waals surface area (Å²) in [6.07, 6.45) is 3.96. The molecule has 0 amide bonds. The maximum Gasteiger partial charge on any atom is 0.200 e. The van der Waals surface area contributed by atoms with Crippen molar-refractivity contribution < 1.29 is 14.2 Å². The van der Waals surface area contributed by atoms with Crippen molar-refractivity contribution in [3.63, 3.8) is 0 Å². The van der Waals surface area contributed by atoms with Crippen molar-refractivity contribution in [3.8, 4) is 17.2 Å². The van der Waals surface area contributed by atoms with Crippen molar-refractivity contribution in [2.24, 2.45) is 5.10 Å². The third-order valence-corrected chi connectivity index (χ3v) is 6.80. The van der Waals surface area contributed by atoms with Crippen LogP contribution in [0.2, 0.25) is 0 Å². The number of rotatable bonds is 5. The van der Waals surface area contributed by atoms with Gasteiger partial charge in [0.25, 0.3) is 0 Å². The maximum absolute atomic E-state index is 6.71. The van der Waals surface area contributed by atoms with Gasteiger partial charge >= 0.3 is 0 Å². The summed E-state index contributed by atoms with van der Waals surface area (Å²) in [4.78, 5) is 2.54. The second kappa shape index (κ2) is 8.08. The van der Waals surface area contributed by atoms with Gasteiger partial charge in [0.05, 0.1) is 26.0 Å². The maximum atomic E-state index is 6.71. The molecule has 0 aliphatic carbocycles. The molecule has 31 heavy (non-hydrogen) atoms. The first kappa shape index (κ1) is 20.2. The molecule has 1 unspecified atom stereocenters. The van der Waals surface area contributed by atoms with Crippen LogP contribution in [-0.2, 0) is 0 Å². The molecule has 1 saturated heterocycles. The van der Waals surface area contributed by atoms with E-state index in [0.717, 1.165) is 67.4 Å². The van der Waals surface area contributed by atoms with Crippen LogP contribution in [0.3, 0.4) is 0 Å². The molecule has 3 aliphatic rings. The number of likely N-dealkylation sites (tertiary alicyclic amines) is 1. The first-order chi connectivity index (χ1) is 15.2. The summed E-state index contributed by atoms with van der Waals surface area (Å²) < 4.78 is 17.7. The molecule has 5 rings (SSSR count). The quantitative estimate of drug-likeness (QED) is 0.714. The number of nitrogens with zero attached hydrogens (tertiary/aromatic N) is 3. The Morgan fingerprint density at radius 3 is 2.58 bits per heavy atom. The predicted octanol–water partition coefficient (Wildman–Crippen LogP) is 4.45. The second-order valence-corrected chi connectivity index (χ2v) is 8.61. The van der Waals surface area contributed by atoms with Gasteiger partial charge in [0, 0.05) is 43.5 Å². The highest BCUT2D eigenvalue weighted by Gasteiger charge is 2.51. The fourth-order valence-corrected chi connectivity index (χ4v) is 5.19. The molecule has 1 fully saturated rings. The topological polar surface area (TPSA) is 46.5 Å². The lowest BCUT2D eigenvalue weighted by atomic mass is 9.90. The molecule has 1 spiro atoms. The van der Waals surface area contributed by atoms with E-state index in [1.54, 1.807) is 14.2 Å². The number of para-hydroxylation sites is 1. The average molecular weight is 422 g/mol. The van der Waals surface area contributed by atoms with Crippen LogP contribution in [0.4, 0.5) is 0 Å². The largest absolute Gasteiger partial charge is 0.493 e. The van der Waals surface area contributed by atoms with Gasteiger partial charge in [-0.05, 0) is 37.2 Å². The van der Waals surface area contributed by atoms with Gasteiger partial charge in [0.2, 0.25) is 5.72 Å². The Kier molecular flexibility index (Phi) is 5.26. The summed E-state index contributed by atoms with van der Waals surface area (Å²) in [7, 11) is 3.33. The normalized spacial score (nSPS) is 21.8. The SMILES string of the molecule is CCCN1CCC2(CC1)Oc1ccccc1C1CC(c3ccc(OC)c(OC)c3)=NN12. The zero-order chi connectivity index (χ0) is 21.4. The molecule has 0 saturated carbocycles. The first-order valence-corrected chi connectivity index (χ1v) is 11.3. The fraction of sp³-hybridized carbons (Fsp3) is 0.480. The molecule has 0 N–H and O–H groups in total. The van der Waals surface area contributed by atoms with E-state index in [1.807, 2.05) is 12.1 Å². The third-order valence-electron chi connectivity index (χ3n) is 6.80. The molecule has 2 aromatic rings. The summed E-state index contributed by atoms with van der Waals surface area (Å²) in [6, 6.07) is 14.7. The molecule has 6 nitrogen and oxygen atoms in total. The highest BCUT2D eigenvalue weighted by Crippen LogP contribution is 2.50. The molecule has 3 heterocycles. The Morgan fingerprint density at radius 1 is 1.06 bits per heavy atom. The third kappa shape index (κ3) is 3.43. The zero-order valence-electron chi connectivity index (χ0n) is 18.6. The lowest BCUT2D eigenvalue weighted by molar-refractivity contribution is -0.149. The zero-order valence-corrected chi connectivity index (χ0v) is 18.6. The van der Waals surface area contributed by atoms with Crippen molar-refractivity contribution in [1.82, 2.24) is 9.91 Å². The van der Waals surface area contributed by atoms with Gasteiger partial charge in [-0.3, -0.25) is 0 Å². The van der Waals surface area contributed by atoms with E-state index in [0.29, 0.717) is 0 Å². The van der Waals surface area contributed by atoms with Crippen LogP contribution in [0, 0.1) is 0 Å². The van der Waals surface area contributed by atoms with Gasteiger partial charge in [0.1, 0.15) is 5.75 Å². The summed E-state index contributed by atoms with van der Waals surface area (Å²) in [5, 5.41) is 7.44. The fourth-order valence-electron chi connectivity index (χ4n) is 5.19. The monoisotopic (exact) mass is 421 g/mol. The second-order valence-electron chi connectivity index (χ2n) is 8.61. The number of methoxy groups -OCH3 is 2. The van der Waals surface area contributed by atoms with Gasteiger partial charge in [0.15, 0.2) is 11.5 Å². The molecule has 0 bridgehead atoms. The highest BCUT2D eigenvalue weighted by molar-refractivity contribution is 6.02. The minimum atomic E-state index is -0.373. The van der Waals surface area contributed by atoms with Crippen LogP contribution in [0.25, 0.3) is 0 Å². The smallest absolute Gasteiger partial charge is 0.200 e. The molecular formula is C25H31N3O3. The highest BCUT2D eigenvalue weighted by atomic mass is 16.5. The van der Waals surface area contributed by atoms with Crippen LogP contribution < -0.4 is 14.2 Å². The number of hydrogen-bond acceptors (Lipinski definition) is 6. The van der Waals surface area contributed by atoms with Gasteiger partial charge in [-0.15, -0.1) is 0 Å². The minimum Gasteiger partial charge on any atom is -0.493 e. The Bertz CT molecular complexity index is 982. The standard InChI is InChI=1S/C25H31N3O3/c1-4-13-27-14-11-25(12-15-27)28-21(19-7-5-6-8-22(19)31-25)17-20(26-28)18-9-10-23(29-2)24(16-18)30-3/h5-10,16,21H,4,11-15,17H2,1-3H3. The van der Waals surface area contributed by atoms with E-state index in [9.17, 15) is 0 Å². The van der Waals surface area contributed by atoms with Crippen molar-refractivity contribution in [1.29, 1.82) is 0 Å². The van der Waals surface area contributed by atoms with E-state index in [4.69, 9.17) is 19.3 Å². The average Bonchev–Trinajstić information content (AvgIpc) is 3.27. The molecule has 0 radical (unpaired) electrons. The summed E-state index contributed by atoms with van der Waals surface area (Å²) in [5.74, 6) is 2.47. The van der Waals surface area contributed by atoms with Crippen LogP contribution in [-0.4, -0.2) is 55.2 Å². The van der Waals surface area contributed by atoms with Gasteiger partial charge < -0.3 is 19.1 Å². The van der Waals surface area contributed by atoms with Crippen molar-refractivity contribution >= 4 is 5.71 Å². The Balaban J connectivity index is 1.51. The van der Waals surface area contributed by atoms with Crippen LogP contribution in [0.1, 0.15) is 49.8 Å². The molecule has 1 atom stereocenters. The van der Waals surface area contributed by atoms with Crippen molar-refractivity contribution in [2.45, 2.75) is 44.4 Å². The number of piperidine rings is 1. The molecule has 6 heteroatoms. The van der Waals surface area contributed by atoms with Gasteiger partial charge in [-0.25, -0.2) is 5.01 Å². The molecular weight excluding hydrogens is 390 g/mol. The summed E-state index contributed by atoms with van der Waals surface area (Å²) >= 11 is 0. The van der Waals surface area contributed by atoms with E-state index < -0.39 is 0 Å². The molecule has 2 aromatic carbocycles. The number of hydrogen-bond donors (Lipinski definition) is 0. The summed E-state index contributed by atoms with van der Waals surface area (Å²) in [5.41, 5.74) is 3.00. The Morgan fingerprint density at radius 2 is 1.84 bits per heavy atom. The minimum absolute atomic E-state index is 0.200. The van der Waals surface area contributed by atoms with E-state index >= 15 is 0 Å². The van der Waals surface area contributed by atoms with Crippen LogP contribution in [0.5, 0.6) is 17.2 Å². The molecule has 3 aliphatic heterocycles. The van der Waals surface area contributed by atoms with Crippen molar-refractivity contribution in [2.75, 3.05) is 33.9 Å². The first-order valence-electron chi connectivity index (χ1n) is 11.3. The number of fused-ring (bicyclic) bond motifs is 4. The van der Waals surface area contributed by atoms with Crippen LogP contribution in [0.15, 0.2) is 47.6 Å². The predicted molar refractivity (Wildman–Crippen MR) is 121 cm³/mol. The molecule has 164 valence electrons. The lowest BCUT2D eigenvalue weighted by Crippen LogP contribution is -2.59. The Hall–Kier alpha value is -2.73. The van der Waals surface area contributed by atoms with E-state index in [1.165, 1.54) is 12.0 Å². The van der Waals surface area contributed by atoms with Crippen molar-refractivity contribution in [3.05, 3.63) is 53.6 Å². The molecule has 0 aromatic heterocycles. The summed E-state index contributed by atoms with van der Waals surface area (Å²) in [6.45, 7) is 5.48.